The molecule has 10 rings (SSSR count). The fraction of sp³-hybridized carbons (Fsp3) is 0. The van der Waals surface area contributed by atoms with E-state index >= 15 is 0 Å². The second-order valence-electron chi connectivity index (χ2n) is 12.6. The molecule has 9 aromatic carbocycles. The molecule has 0 amide bonds. The Bertz CT molecular complexity index is 2990. The molecule has 0 aliphatic heterocycles. The minimum absolute atomic E-state index is 0.00957. The summed E-state index contributed by atoms with van der Waals surface area (Å²) in [5.74, 6) is 0. The first kappa shape index (κ1) is 24.7. The van der Waals surface area contributed by atoms with Crippen molar-refractivity contribution in [2.24, 2.45) is 0 Å². The molecular formula is C48H30O. The molecule has 1 nitrogen and oxygen atoms in total. The fourth-order valence-electron chi connectivity index (χ4n) is 7.52. The van der Waals surface area contributed by atoms with Crippen molar-refractivity contribution in [1.29, 1.82) is 0 Å². The second-order valence-corrected chi connectivity index (χ2v) is 12.6. The van der Waals surface area contributed by atoms with Crippen LogP contribution in [0.2, 0.25) is 0 Å². The summed E-state index contributed by atoms with van der Waals surface area (Å²) < 4.78 is 34.0. The fourth-order valence-corrected chi connectivity index (χ4v) is 7.52. The molecule has 0 aliphatic rings. The molecule has 0 saturated carbocycles. The SMILES string of the molecule is [2H]c1c(-c2cccc(-c3c4ccccc4c(-c4cccc(-c5ccccc5)c4)c4ccccc34)c2)c([2H])c2c(oc3c4ccccc4ccc32)c1[2H]. The predicted molar refractivity (Wildman–Crippen MR) is 208 cm³/mol. The third-order valence-corrected chi connectivity index (χ3v) is 9.76. The Balaban J connectivity index is 1.20. The maximum absolute atomic E-state index is 9.50. The summed E-state index contributed by atoms with van der Waals surface area (Å²) in [5, 5.41) is 7.87. The Kier molecular flexibility index (Phi) is 5.58. The molecule has 10 aromatic rings. The van der Waals surface area contributed by atoms with E-state index in [0.29, 0.717) is 16.5 Å². The molecule has 0 saturated heterocycles. The molecule has 0 N–H and O–H groups in total. The van der Waals surface area contributed by atoms with Gasteiger partial charge in [0, 0.05) is 16.2 Å². The van der Waals surface area contributed by atoms with E-state index in [2.05, 4.69) is 109 Å². The third kappa shape index (κ3) is 4.47. The van der Waals surface area contributed by atoms with Gasteiger partial charge in [-0.15, -0.1) is 0 Å². The molecule has 0 fully saturated rings. The van der Waals surface area contributed by atoms with Gasteiger partial charge in [-0.25, -0.2) is 0 Å². The Morgan fingerprint density at radius 2 is 0.857 bits per heavy atom. The summed E-state index contributed by atoms with van der Waals surface area (Å²) in [5.41, 5.74) is 8.87. The van der Waals surface area contributed by atoms with Gasteiger partial charge in [-0.05, 0) is 102 Å². The lowest BCUT2D eigenvalue weighted by molar-refractivity contribution is 0.672. The minimum atomic E-state index is -0.0126. The molecule has 1 heteroatoms. The molecule has 0 spiro atoms. The van der Waals surface area contributed by atoms with Crippen molar-refractivity contribution in [2.75, 3.05) is 0 Å². The molecule has 1 heterocycles. The lowest BCUT2D eigenvalue weighted by Gasteiger charge is -2.18. The summed E-state index contributed by atoms with van der Waals surface area (Å²) >= 11 is 0. The first-order chi connectivity index (χ1) is 25.6. The number of hydrogen-bond donors (Lipinski definition) is 0. The molecule has 228 valence electrons. The van der Waals surface area contributed by atoms with Crippen LogP contribution < -0.4 is 0 Å². The lowest BCUT2D eigenvalue weighted by Crippen LogP contribution is -1.91. The maximum atomic E-state index is 9.50. The van der Waals surface area contributed by atoms with E-state index in [0.717, 1.165) is 60.0 Å². The topological polar surface area (TPSA) is 13.1 Å². The highest BCUT2D eigenvalue weighted by atomic mass is 16.3. The lowest BCUT2D eigenvalue weighted by atomic mass is 9.85. The summed E-state index contributed by atoms with van der Waals surface area (Å²) in [6.45, 7) is 0. The highest BCUT2D eigenvalue weighted by molar-refractivity contribution is 6.22. The molecule has 0 atom stereocenters. The first-order valence-corrected chi connectivity index (χ1v) is 16.6. The van der Waals surface area contributed by atoms with E-state index in [1.165, 1.54) is 16.7 Å². The first-order valence-electron chi connectivity index (χ1n) is 18.1. The number of rotatable bonds is 4. The molecule has 0 unspecified atom stereocenters. The Labute approximate surface area is 288 Å². The monoisotopic (exact) mass is 625 g/mol. The van der Waals surface area contributed by atoms with Crippen LogP contribution in [-0.2, 0) is 0 Å². The number of fused-ring (bicyclic) bond motifs is 7. The van der Waals surface area contributed by atoms with Crippen LogP contribution in [0, 0.1) is 0 Å². The van der Waals surface area contributed by atoms with E-state index in [1.807, 2.05) is 54.6 Å². The molecule has 0 aliphatic carbocycles. The Hall–Kier alpha value is -6.44. The maximum Gasteiger partial charge on any atom is 0.143 e. The van der Waals surface area contributed by atoms with E-state index in [9.17, 15) is 1.37 Å². The highest BCUT2D eigenvalue weighted by Gasteiger charge is 2.18. The normalized spacial score (nSPS) is 12.5. The highest BCUT2D eigenvalue weighted by Crippen LogP contribution is 2.45. The van der Waals surface area contributed by atoms with E-state index in [1.54, 1.807) is 0 Å². The summed E-state index contributed by atoms with van der Waals surface area (Å²) in [7, 11) is 0. The number of hydrogen-bond acceptors (Lipinski definition) is 1. The molecule has 0 bridgehead atoms. The molecule has 1 aromatic heterocycles. The average molecular weight is 626 g/mol. The van der Waals surface area contributed by atoms with Crippen LogP contribution >= 0.6 is 0 Å². The van der Waals surface area contributed by atoms with Crippen molar-refractivity contribution in [3.05, 3.63) is 182 Å². The van der Waals surface area contributed by atoms with Gasteiger partial charge in [0.2, 0.25) is 0 Å². The van der Waals surface area contributed by atoms with Crippen molar-refractivity contribution in [3.63, 3.8) is 0 Å². The van der Waals surface area contributed by atoms with E-state index in [4.69, 9.17) is 7.16 Å². The van der Waals surface area contributed by atoms with Crippen LogP contribution in [0.25, 0.3) is 98.8 Å². The predicted octanol–water partition coefficient (Wildman–Crippen LogP) is 13.7. The van der Waals surface area contributed by atoms with Gasteiger partial charge in [0.05, 0.1) is 4.11 Å². The summed E-state index contributed by atoms with van der Waals surface area (Å²) in [4.78, 5) is 0. The Morgan fingerprint density at radius 1 is 0.347 bits per heavy atom. The van der Waals surface area contributed by atoms with E-state index < -0.39 is 0 Å². The van der Waals surface area contributed by atoms with Crippen LogP contribution in [0.5, 0.6) is 0 Å². The van der Waals surface area contributed by atoms with Gasteiger partial charge in [-0.2, -0.15) is 0 Å². The smallest absolute Gasteiger partial charge is 0.143 e. The quantitative estimate of drug-likeness (QED) is 0.177. The van der Waals surface area contributed by atoms with Gasteiger partial charge in [0.15, 0.2) is 0 Å². The largest absolute Gasteiger partial charge is 0.455 e. The molecule has 49 heavy (non-hydrogen) atoms. The van der Waals surface area contributed by atoms with Gasteiger partial charge >= 0.3 is 0 Å². The zero-order valence-corrected chi connectivity index (χ0v) is 26.5. The van der Waals surface area contributed by atoms with Crippen LogP contribution in [0.3, 0.4) is 0 Å². The molecule has 0 radical (unpaired) electrons. The van der Waals surface area contributed by atoms with Crippen molar-refractivity contribution in [2.45, 2.75) is 0 Å². The van der Waals surface area contributed by atoms with Crippen LogP contribution in [0.15, 0.2) is 186 Å². The van der Waals surface area contributed by atoms with Crippen molar-refractivity contribution < 1.29 is 8.53 Å². The second kappa shape index (κ2) is 11.1. The van der Waals surface area contributed by atoms with Gasteiger partial charge in [-0.3, -0.25) is 0 Å². The average Bonchev–Trinajstić information content (AvgIpc) is 3.60. The minimum Gasteiger partial charge on any atom is -0.455 e. The van der Waals surface area contributed by atoms with Crippen LogP contribution in [0.4, 0.5) is 0 Å². The van der Waals surface area contributed by atoms with Crippen LogP contribution in [-0.4, -0.2) is 0 Å². The summed E-state index contributed by atoms with van der Waals surface area (Å²) in [6.07, 6.45) is 0. The van der Waals surface area contributed by atoms with Crippen molar-refractivity contribution in [1.82, 2.24) is 0 Å². The molecular weight excluding hydrogens is 593 g/mol. The van der Waals surface area contributed by atoms with Gasteiger partial charge < -0.3 is 4.42 Å². The van der Waals surface area contributed by atoms with Crippen LogP contribution in [0.1, 0.15) is 4.11 Å². The van der Waals surface area contributed by atoms with Crippen molar-refractivity contribution in [3.8, 4) is 44.5 Å². The van der Waals surface area contributed by atoms with Gasteiger partial charge in [0.25, 0.3) is 0 Å². The van der Waals surface area contributed by atoms with E-state index in [-0.39, 0.29) is 23.7 Å². The zero-order chi connectivity index (χ0) is 34.9. The Morgan fingerprint density at radius 3 is 1.49 bits per heavy atom. The number of benzene rings is 9. The summed E-state index contributed by atoms with van der Waals surface area (Å²) in [6, 6.07) is 56.7. The van der Waals surface area contributed by atoms with Gasteiger partial charge in [-0.1, -0.05) is 152 Å². The third-order valence-electron chi connectivity index (χ3n) is 9.76. The standard InChI is InChI=1S/C48H30O/c1-2-12-31(13-3-1)33-15-10-17-36(28-33)46-39-20-6-8-22-41(39)47(42-23-9-7-21-40(42)46)37-18-11-16-34(29-37)35-25-27-45-44(30-35)43-26-24-32-14-4-5-19-38(32)48(43)49-45/h1-30H/i25D,27D,30D. The zero-order valence-electron chi connectivity index (χ0n) is 29.5. The number of furan rings is 1. The van der Waals surface area contributed by atoms with Crippen molar-refractivity contribution >= 4 is 54.3 Å². The van der Waals surface area contributed by atoms with Gasteiger partial charge in [0.1, 0.15) is 11.2 Å².